The summed E-state index contributed by atoms with van der Waals surface area (Å²) in [7, 11) is 1.89. The number of nitrogens with one attached hydrogen (secondary N) is 1. The molecule has 0 bridgehead atoms. The normalized spacial score (nSPS) is 14.0. The van der Waals surface area contributed by atoms with E-state index < -0.39 is 0 Å². The SMILES string of the molecule is Cc1nc2c(c(C)nn2C)c(C)c1CCC(=O)Nc1ccc(N2CCCC2=O)c(Cl)c1. The van der Waals surface area contributed by atoms with Crippen LogP contribution in [0.4, 0.5) is 11.4 Å². The largest absolute Gasteiger partial charge is 0.326 e. The third kappa shape index (κ3) is 4.02. The van der Waals surface area contributed by atoms with Crippen molar-refractivity contribution in [3.05, 3.63) is 45.7 Å². The molecule has 162 valence electrons. The van der Waals surface area contributed by atoms with Crippen LogP contribution in [-0.2, 0) is 23.1 Å². The molecule has 3 heterocycles. The van der Waals surface area contributed by atoms with Gasteiger partial charge in [-0.1, -0.05) is 11.6 Å². The van der Waals surface area contributed by atoms with Crippen molar-refractivity contribution in [3.8, 4) is 0 Å². The molecule has 0 aliphatic carbocycles. The van der Waals surface area contributed by atoms with Crippen molar-refractivity contribution in [2.45, 2.75) is 46.5 Å². The van der Waals surface area contributed by atoms with E-state index in [1.807, 2.05) is 20.9 Å². The molecule has 1 aromatic carbocycles. The fraction of sp³-hybridized carbons (Fsp3) is 0.391. The van der Waals surface area contributed by atoms with Crippen LogP contribution in [0.5, 0.6) is 0 Å². The Labute approximate surface area is 186 Å². The molecule has 0 spiro atoms. The molecule has 0 unspecified atom stereocenters. The lowest BCUT2D eigenvalue weighted by Gasteiger charge is -2.18. The smallest absolute Gasteiger partial charge is 0.227 e. The van der Waals surface area contributed by atoms with Gasteiger partial charge in [-0.3, -0.25) is 14.3 Å². The molecule has 0 atom stereocenters. The maximum absolute atomic E-state index is 12.6. The predicted octanol–water partition coefficient (Wildman–Crippen LogP) is 4.25. The number of rotatable bonds is 5. The van der Waals surface area contributed by atoms with E-state index >= 15 is 0 Å². The van der Waals surface area contributed by atoms with Crippen LogP contribution < -0.4 is 10.2 Å². The van der Waals surface area contributed by atoms with E-state index in [-0.39, 0.29) is 11.8 Å². The lowest BCUT2D eigenvalue weighted by atomic mass is 9.99. The molecule has 3 aromatic rings. The van der Waals surface area contributed by atoms with Crippen LogP contribution in [0, 0.1) is 20.8 Å². The molecule has 0 saturated carbocycles. The molecular formula is C23H26ClN5O2. The van der Waals surface area contributed by atoms with Crippen LogP contribution in [0.25, 0.3) is 11.0 Å². The van der Waals surface area contributed by atoms with Gasteiger partial charge >= 0.3 is 0 Å². The molecule has 8 heteroatoms. The van der Waals surface area contributed by atoms with Gasteiger partial charge in [0.15, 0.2) is 5.65 Å². The van der Waals surface area contributed by atoms with Gasteiger partial charge in [0.1, 0.15) is 0 Å². The summed E-state index contributed by atoms with van der Waals surface area (Å²) in [5.74, 6) is -0.0123. The van der Waals surface area contributed by atoms with E-state index in [4.69, 9.17) is 16.6 Å². The summed E-state index contributed by atoms with van der Waals surface area (Å²) in [5, 5.41) is 8.90. The summed E-state index contributed by atoms with van der Waals surface area (Å²) >= 11 is 6.38. The Hall–Kier alpha value is -2.93. The van der Waals surface area contributed by atoms with E-state index in [2.05, 4.69) is 17.3 Å². The van der Waals surface area contributed by atoms with Crippen molar-refractivity contribution in [2.24, 2.45) is 7.05 Å². The van der Waals surface area contributed by atoms with E-state index in [1.54, 1.807) is 27.8 Å². The van der Waals surface area contributed by atoms with Crippen molar-refractivity contribution < 1.29 is 9.59 Å². The monoisotopic (exact) mass is 439 g/mol. The number of hydrogen-bond acceptors (Lipinski definition) is 4. The zero-order valence-corrected chi connectivity index (χ0v) is 19.0. The van der Waals surface area contributed by atoms with Crippen LogP contribution in [0.2, 0.25) is 5.02 Å². The highest BCUT2D eigenvalue weighted by Crippen LogP contribution is 2.32. The Kier molecular flexibility index (Phi) is 5.71. The number of fused-ring (bicyclic) bond motifs is 1. The van der Waals surface area contributed by atoms with Crippen molar-refractivity contribution in [1.29, 1.82) is 0 Å². The van der Waals surface area contributed by atoms with Gasteiger partial charge in [0, 0.05) is 43.2 Å². The van der Waals surface area contributed by atoms with Gasteiger partial charge in [-0.05, 0) is 62.9 Å². The first-order valence-electron chi connectivity index (χ1n) is 10.5. The third-order valence-electron chi connectivity index (χ3n) is 5.93. The summed E-state index contributed by atoms with van der Waals surface area (Å²) in [5.41, 5.74) is 6.26. The van der Waals surface area contributed by atoms with E-state index in [9.17, 15) is 9.59 Å². The number of aromatic nitrogens is 3. The standard InChI is InChI=1S/C23H26ClN5O2/c1-13-17(14(2)25-23-22(13)15(3)27-28(23)4)8-10-20(30)26-16-7-9-19(18(24)12-16)29-11-5-6-21(29)31/h7,9,12H,5-6,8,10-11H2,1-4H3,(H,26,30). The number of anilines is 2. The van der Waals surface area contributed by atoms with Gasteiger partial charge in [-0.15, -0.1) is 0 Å². The number of pyridine rings is 1. The summed E-state index contributed by atoms with van der Waals surface area (Å²) in [6, 6.07) is 5.27. The van der Waals surface area contributed by atoms with Gasteiger partial charge in [-0.2, -0.15) is 5.10 Å². The maximum atomic E-state index is 12.6. The van der Waals surface area contributed by atoms with Gasteiger partial charge in [0.2, 0.25) is 11.8 Å². The molecule has 31 heavy (non-hydrogen) atoms. The lowest BCUT2D eigenvalue weighted by Crippen LogP contribution is -2.24. The van der Waals surface area contributed by atoms with Crippen LogP contribution in [0.15, 0.2) is 18.2 Å². The van der Waals surface area contributed by atoms with E-state index in [0.717, 1.165) is 40.0 Å². The maximum Gasteiger partial charge on any atom is 0.227 e. The summed E-state index contributed by atoms with van der Waals surface area (Å²) in [6.07, 6.45) is 2.31. The van der Waals surface area contributed by atoms with Crippen molar-refractivity contribution >= 4 is 45.8 Å². The second-order valence-electron chi connectivity index (χ2n) is 8.07. The molecule has 1 fully saturated rings. The van der Waals surface area contributed by atoms with Gasteiger partial charge in [0.25, 0.3) is 0 Å². The van der Waals surface area contributed by atoms with Crippen LogP contribution in [0.3, 0.4) is 0 Å². The Morgan fingerprint density at radius 2 is 2.00 bits per heavy atom. The number of aryl methyl sites for hydroxylation is 4. The Bertz CT molecular complexity index is 1200. The molecule has 4 rings (SSSR count). The molecule has 1 N–H and O–H groups in total. The highest BCUT2D eigenvalue weighted by atomic mass is 35.5. The molecule has 1 aliphatic heterocycles. The number of nitrogens with zero attached hydrogens (tertiary/aromatic N) is 4. The van der Waals surface area contributed by atoms with Crippen molar-refractivity contribution in [3.63, 3.8) is 0 Å². The summed E-state index contributed by atoms with van der Waals surface area (Å²) in [6.45, 7) is 6.70. The fourth-order valence-electron chi connectivity index (χ4n) is 4.40. The van der Waals surface area contributed by atoms with Crippen LogP contribution in [0.1, 0.15) is 41.8 Å². The Morgan fingerprint density at radius 3 is 2.68 bits per heavy atom. The first-order valence-corrected chi connectivity index (χ1v) is 10.8. The first-order chi connectivity index (χ1) is 14.8. The quantitative estimate of drug-likeness (QED) is 0.644. The minimum Gasteiger partial charge on any atom is -0.326 e. The first kappa shape index (κ1) is 21.3. The molecule has 7 nitrogen and oxygen atoms in total. The van der Waals surface area contributed by atoms with E-state index in [1.165, 1.54) is 0 Å². The minimum atomic E-state index is -0.0946. The molecule has 1 saturated heterocycles. The van der Waals surface area contributed by atoms with Crippen LogP contribution >= 0.6 is 11.6 Å². The fourth-order valence-corrected chi connectivity index (χ4v) is 4.68. The number of halogens is 1. The zero-order valence-electron chi connectivity index (χ0n) is 18.3. The number of carbonyl (C=O) groups is 2. The second kappa shape index (κ2) is 8.30. The van der Waals surface area contributed by atoms with Gasteiger partial charge in [0.05, 0.1) is 16.4 Å². The topological polar surface area (TPSA) is 80.1 Å². The Morgan fingerprint density at radius 1 is 1.23 bits per heavy atom. The molecule has 0 radical (unpaired) electrons. The molecular weight excluding hydrogens is 414 g/mol. The average Bonchev–Trinajstić information content (AvgIpc) is 3.24. The second-order valence-corrected chi connectivity index (χ2v) is 8.48. The summed E-state index contributed by atoms with van der Waals surface area (Å²) < 4.78 is 1.80. The number of hydrogen-bond donors (Lipinski definition) is 1. The van der Waals surface area contributed by atoms with Gasteiger partial charge < -0.3 is 10.2 Å². The molecule has 1 aliphatic rings. The summed E-state index contributed by atoms with van der Waals surface area (Å²) in [4.78, 5) is 30.9. The van der Waals surface area contributed by atoms with Crippen LogP contribution in [-0.4, -0.2) is 33.1 Å². The third-order valence-corrected chi connectivity index (χ3v) is 6.23. The molecule has 2 aromatic heterocycles. The predicted molar refractivity (Wildman–Crippen MR) is 123 cm³/mol. The lowest BCUT2D eigenvalue weighted by molar-refractivity contribution is -0.117. The average molecular weight is 440 g/mol. The van der Waals surface area contributed by atoms with Gasteiger partial charge in [-0.25, -0.2) is 4.98 Å². The highest BCUT2D eigenvalue weighted by molar-refractivity contribution is 6.34. The number of carbonyl (C=O) groups excluding carboxylic acids is 2. The number of benzene rings is 1. The highest BCUT2D eigenvalue weighted by Gasteiger charge is 2.23. The minimum absolute atomic E-state index is 0.0823. The zero-order chi connectivity index (χ0) is 22.3. The van der Waals surface area contributed by atoms with Crippen molar-refractivity contribution in [2.75, 3.05) is 16.8 Å². The molecule has 2 amide bonds. The Balaban J connectivity index is 1.46. The number of amides is 2. The van der Waals surface area contributed by atoms with Crippen molar-refractivity contribution in [1.82, 2.24) is 14.8 Å². The van der Waals surface area contributed by atoms with E-state index in [0.29, 0.717) is 42.2 Å².